The van der Waals surface area contributed by atoms with Crippen LogP contribution >= 0.6 is 11.3 Å². The van der Waals surface area contributed by atoms with Crippen molar-refractivity contribution in [1.82, 2.24) is 35.6 Å². The second-order valence-corrected chi connectivity index (χ2v) is 12.1. The number of methoxy groups -OCH3 is 1. The number of carbonyl (C=O) groups is 3. The van der Waals surface area contributed by atoms with Crippen LogP contribution in [0.1, 0.15) is 33.0 Å². The molecule has 3 aromatic rings. The maximum Gasteiger partial charge on any atom is 0.272 e. The van der Waals surface area contributed by atoms with Crippen molar-refractivity contribution in [3.8, 4) is 16.3 Å². The standard InChI is InChI=1S/C28H32B3N9O4S/c1-39-10-12-40(13-11-39)9-8-32-25(42)20-15-33-27(45-20)17-4-3-5-18(23(17)44-2)34-19-14-21(35-24(41)16-6-7-16)37-38-22(19)26(43)36-28(29,30)31/h3-5,14-16H,6-13H2,1-2H3,(H,32,42)(H,36,43)(H2,34,35,37,41). The predicted molar refractivity (Wildman–Crippen MR) is 174 cm³/mol. The van der Waals surface area contributed by atoms with Gasteiger partial charge in [-0.1, -0.05) is 11.3 Å². The smallest absolute Gasteiger partial charge is 0.272 e. The van der Waals surface area contributed by atoms with Crippen molar-refractivity contribution in [2.45, 2.75) is 18.1 Å². The molecule has 4 N–H and O–H groups in total. The van der Waals surface area contributed by atoms with Crippen molar-refractivity contribution in [2.75, 3.05) is 64.1 Å². The first-order chi connectivity index (χ1) is 21.5. The lowest BCUT2D eigenvalue weighted by Crippen LogP contribution is -2.50. The average molecular weight is 623 g/mol. The van der Waals surface area contributed by atoms with E-state index in [2.05, 4.69) is 53.3 Å². The van der Waals surface area contributed by atoms with Crippen LogP contribution in [-0.4, -0.2) is 125 Å². The van der Waals surface area contributed by atoms with Gasteiger partial charge in [0.25, 0.3) is 11.8 Å². The average Bonchev–Trinajstić information content (AvgIpc) is 3.73. The number of nitrogens with one attached hydrogen (secondary N) is 4. The molecular weight excluding hydrogens is 591 g/mol. The molecule has 6 radical (unpaired) electrons. The molecule has 0 spiro atoms. The molecule has 1 aliphatic heterocycles. The summed E-state index contributed by atoms with van der Waals surface area (Å²) in [5, 5.41) is 17.6. The summed E-state index contributed by atoms with van der Waals surface area (Å²) in [6.45, 7) is 5.31. The van der Waals surface area contributed by atoms with E-state index in [1.165, 1.54) is 30.7 Å². The van der Waals surface area contributed by atoms with Crippen molar-refractivity contribution in [3.05, 3.63) is 41.0 Å². The van der Waals surface area contributed by atoms with Crippen LogP contribution in [0.3, 0.4) is 0 Å². The van der Waals surface area contributed by atoms with E-state index < -0.39 is 11.1 Å². The van der Waals surface area contributed by atoms with Crippen molar-refractivity contribution in [2.24, 2.45) is 5.92 Å². The molecule has 2 aliphatic rings. The van der Waals surface area contributed by atoms with Gasteiger partial charge in [-0.2, -0.15) is 0 Å². The molecule has 3 heterocycles. The number of thiazole rings is 1. The summed E-state index contributed by atoms with van der Waals surface area (Å²) in [7, 11) is 20.3. The molecule has 2 fully saturated rings. The Kier molecular flexibility index (Phi) is 10.1. The monoisotopic (exact) mass is 623 g/mol. The third kappa shape index (κ3) is 8.62. The van der Waals surface area contributed by atoms with Crippen LogP contribution in [-0.2, 0) is 4.79 Å². The minimum atomic E-state index is -2.01. The Morgan fingerprint density at radius 3 is 2.51 bits per heavy atom. The van der Waals surface area contributed by atoms with Crippen LogP contribution < -0.4 is 26.0 Å². The number of para-hydroxylation sites is 1. The highest BCUT2D eigenvalue weighted by molar-refractivity contribution is 7.17. The molecule has 1 aliphatic carbocycles. The van der Waals surface area contributed by atoms with Crippen molar-refractivity contribution < 1.29 is 19.1 Å². The lowest BCUT2D eigenvalue weighted by atomic mass is 9.49. The molecule has 5 rings (SSSR count). The Labute approximate surface area is 269 Å². The van der Waals surface area contributed by atoms with E-state index in [-0.39, 0.29) is 34.9 Å². The number of anilines is 3. The molecule has 0 unspecified atom stereocenters. The molecule has 0 bridgehead atoms. The SMILES string of the molecule is [B]C([B])([B])NC(=O)c1nnc(NC(=O)C2CC2)cc1Nc1cccc(-c2ncc(C(=O)NCCN3CCN(C)CC3)s2)c1OC. The fourth-order valence-corrected chi connectivity index (χ4v) is 5.56. The van der Waals surface area contributed by atoms with Gasteiger partial charge < -0.3 is 30.9 Å². The van der Waals surface area contributed by atoms with Crippen LogP contribution in [0.25, 0.3) is 10.6 Å². The summed E-state index contributed by atoms with van der Waals surface area (Å²) in [5.41, 5.74) is 1.06. The highest BCUT2D eigenvalue weighted by Gasteiger charge is 2.30. The summed E-state index contributed by atoms with van der Waals surface area (Å²) in [5.74, 6) is -0.709. The van der Waals surface area contributed by atoms with Gasteiger partial charge in [-0.3, -0.25) is 19.3 Å². The van der Waals surface area contributed by atoms with E-state index in [1.807, 2.05) is 6.07 Å². The zero-order chi connectivity index (χ0) is 32.1. The van der Waals surface area contributed by atoms with Crippen LogP contribution in [0.15, 0.2) is 30.5 Å². The van der Waals surface area contributed by atoms with E-state index in [1.54, 1.807) is 12.1 Å². The molecule has 1 aromatic carbocycles. The summed E-state index contributed by atoms with van der Waals surface area (Å²) >= 11 is 1.23. The van der Waals surface area contributed by atoms with Crippen molar-refractivity contribution >= 4 is 69.8 Å². The molecule has 3 amide bonds. The summed E-state index contributed by atoms with van der Waals surface area (Å²) in [6, 6.07) is 6.77. The summed E-state index contributed by atoms with van der Waals surface area (Å²) in [6.07, 6.45) is 3.14. The van der Waals surface area contributed by atoms with Gasteiger partial charge in [-0.25, -0.2) is 4.98 Å². The third-order valence-corrected chi connectivity index (χ3v) is 8.33. The molecule has 2 aromatic heterocycles. The van der Waals surface area contributed by atoms with Gasteiger partial charge in [0.05, 0.1) is 53.8 Å². The number of hydrogen-bond acceptors (Lipinski definition) is 11. The molecule has 0 atom stereocenters. The topological polar surface area (TPSA) is 154 Å². The Bertz CT molecular complexity index is 1560. The minimum absolute atomic E-state index is 0.0717. The number of aromatic nitrogens is 3. The molecule has 13 nitrogen and oxygen atoms in total. The molecule has 1 saturated carbocycles. The normalized spacial score (nSPS) is 15.7. The summed E-state index contributed by atoms with van der Waals surface area (Å²) in [4.78, 5) is 47.8. The number of nitrogens with zero attached hydrogens (tertiary/aromatic N) is 5. The van der Waals surface area contributed by atoms with Gasteiger partial charge in [-0.15, -0.1) is 21.5 Å². The van der Waals surface area contributed by atoms with Crippen LogP contribution in [0.5, 0.6) is 5.75 Å². The van der Waals surface area contributed by atoms with E-state index in [0.29, 0.717) is 33.4 Å². The Morgan fingerprint density at radius 1 is 1.07 bits per heavy atom. The molecule has 228 valence electrons. The Morgan fingerprint density at radius 2 is 1.82 bits per heavy atom. The number of ether oxygens (including phenoxy) is 1. The van der Waals surface area contributed by atoms with Crippen molar-refractivity contribution in [1.29, 1.82) is 0 Å². The Balaban J connectivity index is 1.34. The van der Waals surface area contributed by atoms with Gasteiger partial charge in [0.15, 0.2) is 17.3 Å². The van der Waals surface area contributed by atoms with Gasteiger partial charge in [0, 0.05) is 51.3 Å². The van der Waals surface area contributed by atoms with Gasteiger partial charge >= 0.3 is 0 Å². The van der Waals surface area contributed by atoms with Crippen LogP contribution in [0.4, 0.5) is 17.2 Å². The quantitative estimate of drug-likeness (QED) is 0.210. The number of hydrogen-bond donors (Lipinski definition) is 4. The maximum atomic E-state index is 12.9. The first-order valence-electron chi connectivity index (χ1n) is 14.5. The fraction of sp³-hybridized carbons (Fsp3) is 0.429. The first-order valence-corrected chi connectivity index (χ1v) is 15.3. The van der Waals surface area contributed by atoms with Gasteiger partial charge in [0.2, 0.25) is 5.91 Å². The molecule has 17 heteroatoms. The zero-order valence-electron chi connectivity index (χ0n) is 25.1. The highest BCUT2D eigenvalue weighted by atomic mass is 32.1. The number of piperazine rings is 1. The van der Waals surface area contributed by atoms with Crippen LogP contribution in [0.2, 0.25) is 0 Å². The van der Waals surface area contributed by atoms with E-state index in [0.717, 1.165) is 45.6 Å². The van der Waals surface area contributed by atoms with E-state index in [9.17, 15) is 14.4 Å². The van der Waals surface area contributed by atoms with Gasteiger partial charge in [0.1, 0.15) is 9.88 Å². The second-order valence-electron chi connectivity index (χ2n) is 11.1. The number of carbonyl (C=O) groups excluding carboxylic acids is 3. The number of rotatable bonds is 12. The number of benzene rings is 1. The zero-order valence-corrected chi connectivity index (χ0v) is 25.9. The lowest BCUT2D eigenvalue weighted by Gasteiger charge is -2.32. The van der Waals surface area contributed by atoms with Gasteiger partial charge in [-0.05, 0) is 32.0 Å². The molecule has 45 heavy (non-hydrogen) atoms. The van der Waals surface area contributed by atoms with E-state index in [4.69, 9.17) is 28.3 Å². The highest BCUT2D eigenvalue weighted by Crippen LogP contribution is 2.40. The number of amides is 3. The maximum absolute atomic E-state index is 12.9. The fourth-order valence-electron chi connectivity index (χ4n) is 4.70. The third-order valence-electron chi connectivity index (χ3n) is 7.30. The summed E-state index contributed by atoms with van der Waals surface area (Å²) < 4.78 is 5.76. The second kappa shape index (κ2) is 14.0. The first kappa shape index (κ1) is 32.4. The Hall–Kier alpha value is -3.95. The largest absolute Gasteiger partial charge is 0.494 e. The predicted octanol–water partition coefficient (Wildman–Crippen LogP) is 0.525. The lowest BCUT2D eigenvalue weighted by molar-refractivity contribution is -0.117. The van der Waals surface area contributed by atoms with E-state index >= 15 is 0 Å². The minimum Gasteiger partial charge on any atom is -0.494 e. The number of likely N-dealkylation sites (N-methyl/N-ethyl adjacent to an activating group) is 1. The molecule has 1 saturated heterocycles. The van der Waals surface area contributed by atoms with Crippen molar-refractivity contribution in [3.63, 3.8) is 0 Å². The molecular formula is C28H32B3N9O4S. The van der Waals surface area contributed by atoms with Crippen LogP contribution in [0, 0.1) is 5.92 Å².